The molecule has 0 aliphatic carbocycles. The van der Waals surface area contributed by atoms with E-state index in [0.717, 1.165) is 24.3 Å². The molecule has 0 aliphatic rings. The molecule has 0 saturated carbocycles. The number of benzene rings is 1. The fourth-order valence-corrected chi connectivity index (χ4v) is 1.69. The number of para-hydroxylation sites is 1. The molecule has 0 unspecified atom stereocenters. The summed E-state index contributed by atoms with van der Waals surface area (Å²) >= 11 is 0. The monoisotopic (exact) mass is 238 g/mol. The molecule has 1 heterocycles. The van der Waals surface area contributed by atoms with Crippen LogP contribution in [0.3, 0.4) is 0 Å². The maximum atomic E-state index is 8.88. The first-order valence-electron chi connectivity index (χ1n) is 5.73. The Bertz CT molecular complexity index is 558. The van der Waals surface area contributed by atoms with E-state index in [4.69, 9.17) is 11.0 Å². The fourth-order valence-electron chi connectivity index (χ4n) is 1.69. The van der Waals surface area contributed by atoms with Crippen molar-refractivity contribution in [2.75, 3.05) is 17.6 Å². The van der Waals surface area contributed by atoms with Crippen LogP contribution < -0.4 is 11.1 Å². The van der Waals surface area contributed by atoms with E-state index < -0.39 is 0 Å². The molecule has 0 saturated heterocycles. The predicted octanol–water partition coefficient (Wildman–Crippen LogP) is 2.19. The first-order chi connectivity index (χ1) is 8.81. The van der Waals surface area contributed by atoms with Crippen molar-refractivity contribution >= 4 is 11.4 Å². The van der Waals surface area contributed by atoms with Gasteiger partial charge < -0.3 is 11.1 Å². The lowest BCUT2D eigenvalue weighted by molar-refractivity contribution is 0.962. The van der Waals surface area contributed by atoms with Crippen LogP contribution in [0.1, 0.15) is 11.3 Å². The molecule has 0 fully saturated rings. The third-order valence-corrected chi connectivity index (χ3v) is 2.65. The minimum absolute atomic E-state index is 0.498. The molecule has 0 atom stereocenters. The highest BCUT2D eigenvalue weighted by Gasteiger charge is 2.03. The lowest BCUT2D eigenvalue weighted by Gasteiger charge is -2.09. The summed E-state index contributed by atoms with van der Waals surface area (Å²) in [5.41, 5.74) is 8.70. The predicted molar refractivity (Wildman–Crippen MR) is 72.0 cm³/mol. The molecule has 1 aromatic heterocycles. The van der Waals surface area contributed by atoms with Crippen LogP contribution >= 0.6 is 0 Å². The summed E-state index contributed by atoms with van der Waals surface area (Å²) < 4.78 is 0. The van der Waals surface area contributed by atoms with Gasteiger partial charge in [0.15, 0.2) is 0 Å². The zero-order valence-corrected chi connectivity index (χ0v) is 9.93. The van der Waals surface area contributed by atoms with Crippen LogP contribution in [0.4, 0.5) is 11.4 Å². The van der Waals surface area contributed by atoms with Crippen LogP contribution in [0.2, 0.25) is 0 Å². The molecular weight excluding hydrogens is 224 g/mol. The number of aromatic nitrogens is 1. The molecule has 18 heavy (non-hydrogen) atoms. The van der Waals surface area contributed by atoms with Gasteiger partial charge in [0.25, 0.3) is 0 Å². The highest BCUT2D eigenvalue weighted by molar-refractivity contribution is 5.72. The van der Waals surface area contributed by atoms with E-state index in [0.29, 0.717) is 11.3 Å². The topological polar surface area (TPSA) is 74.7 Å². The van der Waals surface area contributed by atoms with Gasteiger partial charge >= 0.3 is 0 Å². The number of pyridine rings is 1. The zero-order valence-electron chi connectivity index (χ0n) is 9.93. The quantitative estimate of drug-likeness (QED) is 0.801. The van der Waals surface area contributed by atoms with Gasteiger partial charge in [-0.15, -0.1) is 0 Å². The highest BCUT2D eigenvalue weighted by Crippen LogP contribution is 2.21. The van der Waals surface area contributed by atoms with Gasteiger partial charge in [0.1, 0.15) is 6.07 Å². The molecule has 0 radical (unpaired) electrons. The molecule has 4 nitrogen and oxygen atoms in total. The lowest BCUT2D eigenvalue weighted by atomic mass is 10.1. The van der Waals surface area contributed by atoms with Crippen molar-refractivity contribution in [2.45, 2.75) is 6.42 Å². The van der Waals surface area contributed by atoms with Crippen molar-refractivity contribution < 1.29 is 0 Å². The SMILES string of the molecule is N#Cc1cccc(NCCc2ccccn2)c1N. The van der Waals surface area contributed by atoms with Crippen LogP contribution in [0.5, 0.6) is 0 Å². The summed E-state index contributed by atoms with van der Waals surface area (Å²) in [5.74, 6) is 0. The molecule has 0 spiro atoms. The number of nitrogens with zero attached hydrogens (tertiary/aromatic N) is 2. The van der Waals surface area contributed by atoms with E-state index in [1.165, 1.54) is 0 Å². The maximum Gasteiger partial charge on any atom is 0.101 e. The smallest absolute Gasteiger partial charge is 0.101 e. The van der Waals surface area contributed by atoms with Gasteiger partial charge in [0, 0.05) is 24.9 Å². The van der Waals surface area contributed by atoms with Gasteiger partial charge in [0.2, 0.25) is 0 Å². The number of hydrogen-bond acceptors (Lipinski definition) is 4. The van der Waals surface area contributed by atoms with Crippen molar-refractivity contribution in [1.82, 2.24) is 4.98 Å². The lowest BCUT2D eigenvalue weighted by Crippen LogP contribution is -2.08. The van der Waals surface area contributed by atoms with Crippen molar-refractivity contribution in [1.29, 1.82) is 5.26 Å². The number of anilines is 2. The van der Waals surface area contributed by atoms with Gasteiger partial charge in [-0.2, -0.15) is 5.26 Å². The molecule has 0 amide bonds. The second kappa shape index (κ2) is 5.69. The first-order valence-corrected chi connectivity index (χ1v) is 5.73. The Hall–Kier alpha value is -2.54. The van der Waals surface area contributed by atoms with Crippen molar-refractivity contribution in [3.63, 3.8) is 0 Å². The highest BCUT2D eigenvalue weighted by atomic mass is 14.9. The molecule has 1 aromatic carbocycles. The average molecular weight is 238 g/mol. The van der Waals surface area contributed by atoms with Gasteiger partial charge in [-0.25, -0.2) is 0 Å². The summed E-state index contributed by atoms with van der Waals surface area (Å²) in [7, 11) is 0. The van der Waals surface area contributed by atoms with Gasteiger partial charge in [-0.1, -0.05) is 12.1 Å². The summed E-state index contributed by atoms with van der Waals surface area (Å²) in [6.45, 7) is 0.732. The largest absolute Gasteiger partial charge is 0.396 e. The van der Waals surface area contributed by atoms with E-state index in [1.54, 1.807) is 12.3 Å². The summed E-state index contributed by atoms with van der Waals surface area (Å²) in [4.78, 5) is 4.24. The van der Waals surface area contributed by atoms with Crippen molar-refractivity contribution in [3.05, 3.63) is 53.9 Å². The minimum atomic E-state index is 0.498. The summed E-state index contributed by atoms with van der Waals surface area (Å²) in [6, 6.07) is 13.3. The molecule has 3 N–H and O–H groups in total. The number of nitrogen functional groups attached to an aromatic ring is 1. The summed E-state index contributed by atoms with van der Waals surface area (Å²) in [6.07, 6.45) is 2.59. The molecule has 4 heteroatoms. The van der Waals surface area contributed by atoms with E-state index in [9.17, 15) is 0 Å². The van der Waals surface area contributed by atoms with E-state index in [2.05, 4.69) is 16.4 Å². The first kappa shape index (κ1) is 11.9. The number of rotatable bonds is 4. The normalized spacial score (nSPS) is 9.72. The fraction of sp³-hybridized carbons (Fsp3) is 0.143. The Morgan fingerprint density at radius 3 is 2.83 bits per heavy atom. The molecule has 0 aliphatic heterocycles. The maximum absolute atomic E-state index is 8.88. The van der Waals surface area contributed by atoms with Crippen molar-refractivity contribution in [3.8, 4) is 6.07 Å². The van der Waals surface area contributed by atoms with Gasteiger partial charge in [0.05, 0.1) is 16.9 Å². The Morgan fingerprint density at radius 2 is 2.11 bits per heavy atom. The van der Waals surface area contributed by atoms with Crippen LogP contribution in [-0.4, -0.2) is 11.5 Å². The third-order valence-electron chi connectivity index (χ3n) is 2.65. The van der Waals surface area contributed by atoms with Gasteiger partial charge in [-0.05, 0) is 24.3 Å². The number of nitrogens with one attached hydrogen (secondary N) is 1. The number of nitrogens with two attached hydrogens (primary N) is 1. The molecule has 90 valence electrons. The van der Waals surface area contributed by atoms with E-state index in [1.807, 2.05) is 30.3 Å². The van der Waals surface area contributed by atoms with Crippen LogP contribution in [-0.2, 0) is 6.42 Å². The Balaban J connectivity index is 1.97. The van der Waals surface area contributed by atoms with Crippen LogP contribution in [0.25, 0.3) is 0 Å². The summed E-state index contributed by atoms with van der Waals surface area (Å²) in [5, 5.41) is 12.1. The standard InChI is InChI=1S/C14H14N4/c15-10-11-4-3-6-13(14(11)16)18-9-7-12-5-1-2-8-17-12/h1-6,8,18H,7,9,16H2. The zero-order chi connectivity index (χ0) is 12.8. The molecule has 2 aromatic rings. The van der Waals surface area contributed by atoms with E-state index in [-0.39, 0.29) is 0 Å². The van der Waals surface area contributed by atoms with Gasteiger partial charge in [-0.3, -0.25) is 4.98 Å². The minimum Gasteiger partial charge on any atom is -0.396 e. The Morgan fingerprint density at radius 1 is 1.22 bits per heavy atom. The molecule has 2 rings (SSSR count). The Kier molecular flexibility index (Phi) is 3.77. The van der Waals surface area contributed by atoms with Crippen LogP contribution in [0.15, 0.2) is 42.6 Å². The Labute approximate surface area is 106 Å². The van der Waals surface area contributed by atoms with Crippen molar-refractivity contribution in [2.24, 2.45) is 0 Å². The second-order valence-corrected chi connectivity index (χ2v) is 3.88. The third kappa shape index (κ3) is 2.77. The molecule has 0 bridgehead atoms. The average Bonchev–Trinajstić information content (AvgIpc) is 2.42. The van der Waals surface area contributed by atoms with E-state index >= 15 is 0 Å². The number of nitriles is 1. The number of hydrogen-bond donors (Lipinski definition) is 2. The molecular formula is C14H14N4. The van der Waals surface area contributed by atoms with Crippen LogP contribution in [0, 0.1) is 11.3 Å². The second-order valence-electron chi connectivity index (χ2n) is 3.88.